The number of benzene rings is 1. The summed E-state index contributed by atoms with van der Waals surface area (Å²) < 4.78 is 15.6. The second kappa shape index (κ2) is 5.23. The number of hydrogen-bond donors (Lipinski definition) is 0. The molecule has 0 saturated heterocycles. The number of aliphatic imine (C=N–C) groups is 1. The molecule has 0 aromatic heterocycles. The molecule has 1 aliphatic heterocycles. The van der Waals surface area contributed by atoms with Gasteiger partial charge in [0, 0.05) is 12.0 Å². The SMILES string of the molecule is CO/C=N/C1=C(C#N)Cc2cccc(OC)c2O1. The molecule has 1 aromatic carbocycles. The normalized spacial score (nSPS) is 13.8. The van der Waals surface area contributed by atoms with Gasteiger partial charge in [-0.25, -0.2) is 0 Å². The van der Waals surface area contributed by atoms with Crippen LogP contribution in [0.15, 0.2) is 34.6 Å². The van der Waals surface area contributed by atoms with Crippen molar-refractivity contribution < 1.29 is 14.2 Å². The highest BCUT2D eigenvalue weighted by Crippen LogP contribution is 2.37. The molecular weight excluding hydrogens is 232 g/mol. The standard InChI is InChI=1S/C13H12N2O3/c1-16-8-15-13-10(7-14)6-9-4-3-5-11(17-2)12(9)18-13/h3-5,8H,6H2,1-2H3/b15-8+. The Morgan fingerprint density at radius 1 is 1.44 bits per heavy atom. The molecule has 0 aliphatic carbocycles. The lowest BCUT2D eigenvalue weighted by Gasteiger charge is -2.19. The van der Waals surface area contributed by atoms with E-state index in [2.05, 4.69) is 11.1 Å². The molecule has 18 heavy (non-hydrogen) atoms. The van der Waals surface area contributed by atoms with E-state index in [-0.39, 0.29) is 5.88 Å². The molecule has 0 bridgehead atoms. The van der Waals surface area contributed by atoms with Crippen LogP contribution in [0.1, 0.15) is 5.56 Å². The van der Waals surface area contributed by atoms with Crippen LogP contribution in [0.4, 0.5) is 0 Å². The first kappa shape index (κ1) is 12.0. The Morgan fingerprint density at radius 3 is 2.94 bits per heavy atom. The quantitative estimate of drug-likeness (QED) is 0.603. The Hall–Kier alpha value is -2.48. The number of methoxy groups -OCH3 is 2. The van der Waals surface area contributed by atoms with E-state index in [1.54, 1.807) is 13.2 Å². The zero-order valence-electron chi connectivity index (χ0n) is 10.1. The molecule has 0 atom stereocenters. The van der Waals surface area contributed by atoms with Crippen molar-refractivity contribution in [3.8, 4) is 17.6 Å². The van der Waals surface area contributed by atoms with Gasteiger partial charge in [0.05, 0.1) is 19.8 Å². The molecule has 0 spiro atoms. The fourth-order valence-electron chi connectivity index (χ4n) is 1.69. The molecule has 1 aliphatic rings. The Bertz CT molecular complexity index is 556. The lowest BCUT2D eigenvalue weighted by Crippen LogP contribution is -2.09. The van der Waals surface area contributed by atoms with Crippen LogP contribution in [0.5, 0.6) is 11.5 Å². The summed E-state index contributed by atoms with van der Waals surface area (Å²) in [6.45, 7) is 0. The van der Waals surface area contributed by atoms with Crippen LogP contribution >= 0.6 is 0 Å². The molecule has 0 amide bonds. The first-order chi connectivity index (χ1) is 8.80. The van der Waals surface area contributed by atoms with E-state index in [9.17, 15) is 0 Å². The summed E-state index contributed by atoms with van der Waals surface area (Å²) in [5, 5.41) is 9.08. The minimum absolute atomic E-state index is 0.247. The summed E-state index contributed by atoms with van der Waals surface area (Å²) in [5.41, 5.74) is 1.37. The highest BCUT2D eigenvalue weighted by Gasteiger charge is 2.22. The van der Waals surface area contributed by atoms with E-state index in [0.717, 1.165) is 5.56 Å². The highest BCUT2D eigenvalue weighted by molar-refractivity contribution is 5.55. The minimum Gasteiger partial charge on any atom is -0.493 e. The van der Waals surface area contributed by atoms with Crippen LogP contribution in [-0.2, 0) is 11.2 Å². The van der Waals surface area contributed by atoms with Crippen LogP contribution in [-0.4, -0.2) is 20.6 Å². The molecule has 0 radical (unpaired) electrons. The van der Waals surface area contributed by atoms with Gasteiger partial charge in [0.1, 0.15) is 6.07 Å². The lowest BCUT2D eigenvalue weighted by atomic mass is 10.0. The Morgan fingerprint density at radius 2 is 2.28 bits per heavy atom. The topological polar surface area (TPSA) is 63.8 Å². The van der Waals surface area contributed by atoms with Gasteiger partial charge in [0.25, 0.3) is 0 Å². The van der Waals surface area contributed by atoms with Crippen molar-refractivity contribution in [1.82, 2.24) is 0 Å². The molecule has 0 N–H and O–H groups in total. The number of allylic oxidation sites excluding steroid dienone is 1. The lowest BCUT2D eigenvalue weighted by molar-refractivity contribution is 0.344. The van der Waals surface area contributed by atoms with Crippen molar-refractivity contribution >= 4 is 6.40 Å². The maximum Gasteiger partial charge on any atom is 0.236 e. The van der Waals surface area contributed by atoms with Gasteiger partial charge in [-0.3, -0.25) is 0 Å². The number of hydrogen-bond acceptors (Lipinski definition) is 5. The molecule has 0 unspecified atom stereocenters. The molecule has 2 rings (SSSR count). The predicted octanol–water partition coefficient (Wildman–Crippen LogP) is 2.04. The summed E-state index contributed by atoms with van der Waals surface area (Å²) in [5.74, 6) is 1.47. The van der Waals surface area contributed by atoms with E-state index in [1.165, 1.54) is 13.5 Å². The van der Waals surface area contributed by atoms with Gasteiger partial charge in [0.2, 0.25) is 5.88 Å². The third kappa shape index (κ3) is 2.13. The van der Waals surface area contributed by atoms with Crippen molar-refractivity contribution in [2.45, 2.75) is 6.42 Å². The van der Waals surface area contributed by atoms with Gasteiger partial charge >= 0.3 is 0 Å². The number of nitrogens with zero attached hydrogens (tertiary/aromatic N) is 2. The van der Waals surface area contributed by atoms with E-state index < -0.39 is 0 Å². The Kier molecular flexibility index (Phi) is 3.49. The molecule has 0 fully saturated rings. The summed E-state index contributed by atoms with van der Waals surface area (Å²) in [4.78, 5) is 3.96. The average Bonchev–Trinajstić information content (AvgIpc) is 2.43. The first-order valence-electron chi connectivity index (χ1n) is 5.32. The van der Waals surface area contributed by atoms with Crippen LogP contribution < -0.4 is 9.47 Å². The van der Waals surface area contributed by atoms with E-state index in [0.29, 0.717) is 23.5 Å². The number of rotatable bonds is 3. The third-order valence-electron chi connectivity index (χ3n) is 2.51. The molecule has 1 aromatic rings. The van der Waals surface area contributed by atoms with E-state index in [4.69, 9.17) is 19.5 Å². The number of para-hydroxylation sites is 1. The smallest absolute Gasteiger partial charge is 0.236 e. The van der Waals surface area contributed by atoms with Gasteiger partial charge in [-0.15, -0.1) is 0 Å². The van der Waals surface area contributed by atoms with Crippen molar-refractivity contribution in [3.63, 3.8) is 0 Å². The largest absolute Gasteiger partial charge is 0.493 e. The van der Waals surface area contributed by atoms with Gasteiger partial charge in [-0.05, 0) is 6.07 Å². The van der Waals surface area contributed by atoms with Crippen LogP contribution in [0, 0.1) is 11.3 Å². The molecular formula is C13H12N2O3. The second-order valence-corrected chi connectivity index (χ2v) is 3.59. The maximum absolute atomic E-state index is 9.08. The van der Waals surface area contributed by atoms with E-state index >= 15 is 0 Å². The Labute approximate surface area is 105 Å². The third-order valence-corrected chi connectivity index (χ3v) is 2.51. The highest BCUT2D eigenvalue weighted by atomic mass is 16.5. The van der Waals surface area contributed by atoms with Crippen molar-refractivity contribution in [2.24, 2.45) is 4.99 Å². The van der Waals surface area contributed by atoms with Crippen molar-refractivity contribution in [1.29, 1.82) is 5.26 Å². The molecule has 1 heterocycles. The average molecular weight is 244 g/mol. The number of ether oxygens (including phenoxy) is 3. The van der Waals surface area contributed by atoms with Crippen molar-refractivity contribution in [3.05, 3.63) is 35.2 Å². The van der Waals surface area contributed by atoms with Gasteiger partial charge < -0.3 is 14.2 Å². The summed E-state index contributed by atoms with van der Waals surface area (Å²) >= 11 is 0. The summed E-state index contributed by atoms with van der Waals surface area (Å²) in [6.07, 6.45) is 1.70. The van der Waals surface area contributed by atoms with Gasteiger partial charge in [0.15, 0.2) is 17.9 Å². The predicted molar refractivity (Wildman–Crippen MR) is 65.5 cm³/mol. The fourth-order valence-corrected chi connectivity index (χ4v) is 1.69. The first-order valence-corrected chi connectivity index (χ1v) is 5.32. The second-order valence-electron chi connectivity index (χ2n) is 3.59. The van der Waals surface area contributed by atoms with Crippen LogP contribution in [0.2, 0.25) is 0 Å². The monoisotopic (exact) mass is 244 g/mol. The summed E-state index contributed by atoms with van der Waals surface area (Å²) in [7, 11) is 3.05. The summed E-state index contributed by atoms with van der Waals surface area (Å²) in [6, 6.07) is 7.64. The van der Waals surface area contributed by atoms with Crippen LogP contribution in [0.25, 0.3) is 0 Å². The number of nitriles is 1. The molecule has 5 nitrogen and oxygen atoms in total. The van der Waals surface area contributed by atoms with Crippen molar-refractivity contribution in [2.75, 3.05) is 14.2 Å². The molecule has 5 heteroatoms. The number of fused-ring (bicyclic) bond motifs is 1. The Balaban J connectivity index is 2.42. The minimum atomic E-state index is 0.247. The molecule has 0 saturated carbocycles. The van der Waals surface area contributed by atoms with Gasteiger partial charge in [-0.1, -0.05) is 12.1 Å². The maximum atomic E-state index is 9.08. The zero-order valence-corrected chi connectivity index (χ0v) is 10.1. The van der Waals surface area contributed by atoms with Gasteiger partial charge in [-0.2, -0.15) is 10.3 Å². The van der Waals surface area contributed by atoms with E-state index in [1.807, 2.05) is 12.1 Å². The van der Waals surface area contributed by atoms with Crippen LogP contribution in [0.3, 0.4) is 0 Å². The molecule has 92 valence electrons. The fraction of sp³-hybridized carbons (Fsp3) is 0.231. The zero-order chi connectivity index (χ0) is 13.0.